The molecule has 106 valence electrons. The normalized spacial score (nSPS) is 11.9. The first-order valence-electron chi connectivity index (χ1n) is 6.29. The summed E-state index contributed by atoms with van der Waals surface area (Å²) in [5, 5.41) is 16.4. The van der Waals surface area contributed by atoms with Gasteiger partial charge in [-0.05, 0) is 40.1 Å². The van der Waals surface area contributed by atoms with E-state index in [1.54, 1.807) is 7.11 Å². The van der Waals surface area contributed by atoms with E-state index in [-0.39, 0.29) is 18.9 Å². The molecule has 20 heavy (non-hydrogen) atoms. The number of hydrogen-bond donors (Lipinski definition) is 2. The number of amides is 1. The van der Waals surface area contributed by atoms with Gasteiger partial charge in [0.2, 0.25) is 5.91 Å². The molecule has 2 aromatic rings. The maximum absolute atomic E-state index is 11.8. The minimum atomic E-state index is -0.657. The van der Waals surface area contributed by atoms with E-state index in [4.69, 9.17) is 4.74 Å². The number of thiophene rings is 1. The zero-order valence-electron chi connectivity index (χ0n) is 11.2. The lowest BCUT2D eigenvalue weighted by Crippen LogP contribution is -2.29. The van der Waals surface area contributed by atoms with Crippen LogP contribution in [-0.4, -0.2) is 24.7 Å². The van der Waals surface area contributed by atoms with Gasteiger partial charge in [-0.15, -0.1) is 0 Å². The lowest BCUT2D eigenvalue weighted by Gasteiger charge is -2.11. The molecule has 2 N–H and O–H groups in total. The van der Waals surface area contributed by atoms with Gasteiger partial charge in [-0.1, -0.05) is 12.1 Å². The molecule has 0 saturated carbocycles. The van der Waals surface area contributed by atoms with Gasteiger partial charge in [-0.2, -0.15) is 11.3 Å². The summed E-state index contributed by atoms with van der Waals surface area (Å²) < 4.78 is 5.11. The number of carbonyl (C=O) groups excluding carboxylic acids is 1. The molecule has 0 aliphatic heterocycles. The second-order valence-corrected chi connectivity index (χ2v) is 5.18. The summed E-state index contributed by atoms with van der Waals surface area (Å²) in [6.07, 6.45) is -0.386. The van der Waals surface area contributed by atoms with Crippen molar-refractivity contribution >= 4 is 17.2 Å². The lowest BCUT2D eigenvalue weighted by molar-refractivity contribution is -0.120. The molecule has 0 bridgehead atoms. The Kier molecular flexibility index (Phi) is 5.15. The Bertz CT molecular complexity index is 554. The van der Waals surface area contributed by atoms with E-state index in [1.165, 1.54) is 11.3 Å². The fraction of sp³-hybridized carbons (Fsp3) is 0.267. The fourth-order valence-electron chi connectivity index (χ4n) is 1.82. The Morgan fingerprint density at radius 1 is 1.45 bits per heavy atom. The van der Waals surface area contributed by atoms with Crippen molar-refractivity contribution in [3.63, 3.8) is 0 Å². The molecule has 0 radical (unpaired) electrons. The van der Waals surface area contributed by atoms with Crippen LogP contribution in [0.5, 0.6) is 5.75 Å². The number of hydrogen-bond acceptors (Lipinski definition) is 4. The van der Waals surface area contributed by atoms with Crippen LogP contribution in [0.15, 0.2) is 41.1 Å². The van der Waals surface area contributed by atoms with Gasteiger partial charge in [0, 0.05) is 6.54 Å². The van der Waals surface area contributed by atoms with Gasteiger partial charge in [0.1, 0.15) is 5.75 Å². The third-order valence-electron chi connectivity index (χ3n) is 2.92. The minimum Gasteiger partial charge on any atom is -0.497 e. The minimum absolute atomic E-state index is 0.118. The van der Waals surface area contributed by atoms with Crippen molar-refractivity contribution in [1.82, 2.24) is 5.32 Å². The van der Waals surface area contributed by atoms with Crippen LogP contribution < -0.4 is 10.1 Å². The van der Waals surface area contributed by atoms with E-state index in [2.05, 4.69) is 5.32 Å². The van der Waals surface area contributed by atoms with Crippen LogP contribution in [0.4, 0.5) is 0 Å². The van der Waals surface area contributed by atoms with Crippen LogP contribution >= 0.6 is 11.3 Å². The SMILES string of the molecule is COc1cccc(CC(=O)NCC(O)c2ccsc2)c1. The molecule has 1 unspecified atom stereocenters. The monoisotopic (exact) mass is 291 g/mol. The smallest absolute Gasteiger partial charge is 0.224 e. The van der Waals surface area contributed by atoms with Gasteiger partial charge in [-0.3, -0.25) is 4.79 Å². The van der Waals surface area contributed by atoms with Gasteiger partial charge in [0.05, 0.1) is 19.6 Å². The molecule has 1 aromatic heterocycles. The third-order valence-corrected chi connectivity index (χ3v) is 3.62. The van der Waals surface area contributed by atoms with Crippen molar-refractivity contribution < 1.29 is 14.6 Å². The molecule has 2 rings (SSSR count). The topological polar surface area (TPSA) is 58.6 Å². The maximum atomic E-state index is 11.8. The summed E-state index contributed by atoms with van der Waals surface area (Å²) in [7, 11) is 1.59. The van der Waals surface area contributed by atoms with E-state index >= 15 is 0 Å². The van der Waals surface area contributed by atoms with Crippen molar-refractivity contribution in [3.05, 3.63) is 52.2 Å². The highest BCUT2D eigenvalue weighted by Gasteiger charge is 2.10. The molecule has 0 spiro atoms. The number of methoxy groups -OCH3 is 1. The average molecular weight is 291 g/mol. The van der Waals surface area contributed by atoms with Gasteiger partial charge >= 0.3 is 0 Å². The van der Waals surface area contributed by atoms with Crippen LogP contribution in [0.1, 0.15) is 17.2 Å². The Morgan fingerprint density at radius 2 is 2.30 bits per heavy atom. The van der Waals surface area contributed by atoms with E-state index in [0.29, 0.717) is 0 Å². The predicted molar refractivity (Wildman–Crippen MR) is 79.0 cm³/mol. The number of benzene rings is 1. The molecular formula is C15H17NO3S. The molecule has 1 amide bonds. The van der Waals surface area contributed by atoms with Crippen LogP contribution in [0.25, 0.3) is 0 Å². The zero-order valence-corrected chi connectivity index (χ0v) is 12.0. The first-order valence-corrected chi connectivity index (χ1v) is 7.23. The van der Waals surface area contributed by atoms with E-state index in [1.807, 2.05) is 41.1 Å². The van der Waals surface area contributed by atoms with Crippen molar-refractivity contribution in [2.45, 2.75) is 12.5 Å². The molecular weight excluding hydrogens is 274 g/mol. The fourth-order valence-corrected chi connectivity index (χ4v) is 2.53. The molecule has 5 heteroatoms. The highest BCUT2D eigenvalue weighted by Crippen LogP contribution is 2.15. The molecule has 1 aromatic carbocycles. The highest BCUT2D eigenvalue weighted by molar-refractivity contribution is 7.07. The Labute approximate surface area is 122 Å². The largest absolute Gasteiger partial charge is 0.497 e. The molecule has 0 aliphatic rings. The number of aliphatic hydroxyl groups is 1. The number of ether oxygens (including phenoxy) is 1. The van der Waals surface area contributed by atoms with E-state index in [0.717, 1.165) is 16.9 Å². The average Bonchev–Trinajstić information content (AvgIpc) is 2.99. The summed E-state index contributed by atoms with van der Waals surface area (Å²) in [5.74, 6) is 0.612. The van der Waals surface area contributed by atoms with Gasteiger partial charge in [-0.25, -0.2) is 0 Å². The first kappa shape index (κ1) is 14.6. The summed E-state index contributed by atoms with van der Waals surface area (Å²) in [4.78, 5) is 11.8. The number of aliphatic hydroxyl groups excluding tert-OH is 1. The van der Waals surface area contributed by atoms with Gasteiger partial charge < -0.3 is 15.2 Å². The Hall–Kier alpha value is -1.85. The van der Waals surface area contributed by atoms with Crippen molar-refractivity contribution in [3.8, 4) is 5.75 Å². The van der Waals surface area contributed by atoms with Crippen molar-refractivity contribution in [1.29, 1.82) is 0 Å². The number of carbonyl (C=O) groups is 1. The molecule has 4 nitrogen and oxygen atoms in total. The van der Waals surface area contributed by atoms with Gasteiger partial charge in [0.15, 0.2) is 0 Å². The lowest BCUT2D eigenvalue weighted by atomic mass is 10.1. The van der Waals surface area contributed by atoms with E-state index in [9.17, 15) is 9.90 Å². The van der Waals surface area contributed by atoms with E-state index < -0.39 is 6.10 Å². The van der Waals surface area contributed by atoms with Crippen LogP contribution in [0.3, 0.4) is 0 Å². The standard InChI is InChI=1S/C15H17NO3S/c1-19-13-4-2-3-11(7-13)8-15(18)16-9-14(17)12-5-6-20-10-12/h2-7,10,14,17H,8-9H2,1H3,(H,16,18). The molecule has 0 saturated heterocycles. The Balaban J connectivity index is 1.83. The zero-order chi connectivity index (χ0) is 14.4. The molecule has 1 atom stereocenters. The van der Waals surface area contributed by atoms with Crippen molar-refractivity contribution in [2.75, 3.05) is 13.7 Å². The molecule has 0 aliphatic carbocycles. The van der Waals surface area contributed by atoms with Crippen LogP contribution in [0.2, 0.25) is 0 Å². The third kappa shape index (κ3) is 4.08. The Morgan fingerprint density at radius 3 is 3.00 bits per heavy atom. The summed E-state index contributed by atoms with van der Waals surface area (Å²) >= 11 is 1.52. The van der Waals surface area contributed by atoms with Gasteiger partial charge in [0.25, 0.3) is 0 Å². The number of nitrogens with one attached hydrogen (secondary N) is 1. The second-order valence-electron chi connectivity index (χ2n) is 4.40. The first-order chi connectivity index (χ1) is 9.69. The molecule has 1 heterocycles. The summed E-state index contributed by atoms with van der Waals surface area (Å²) in [6, 6.07) is 9.24. The number of rotatable bonds is 6. The van der Waals surface area contributed by atoms with Crippen LogP contribution in [0, 0.1) is 0 Å². The van der Waals surface area contributed by atoms with Crippen molar-refractivity contribution in [2.24, 2.45) is 0 Å². The highest BCUT2D eigenvalue weighted by atomic mass is 32.1. The molecule has 0 fully saturated rings. The maximum Gasteiger partial charge on any atom is 0.224 e. The van der Waals surface area contributed by atoms with Crippen LogP contribution in [-0.2, 0) is 11.2 Å². The predicted octanol–water partition coefficient (Wildman–Crippen LogP) is 2.15. The second kappa shape index (κ2) is 7.07. The quantitative estimate of drug-likeness (QED) is 0.857. The summed E-state index contributed by atoms with van der Waals surface area (Å²) in [6.45, 7) is 0.222. The summed E-state index contributed by atoms with van der Waals surface area (Å²) in [5.41, 5.74) is 1.71.